The molecule has 0 atom stereocenters. The highest BCUT2D eigenvalue weighted by molar-refractivity contribution is 7.89. The number of piperazine rings is 1. The van der Waals surface area contributed by atoms with E-state index in [-0.39, 0.29) is 0 Å². The quantitative estimate of drug-likeness (QED) is 0.749. The Hall–Kier alpha value is -1.37. The van der Waals surface area contributed by atoms with Gasteiger partial charge in [-0.15, -0.1) is 6.58 Å². The lowest BCUT2D eigenvalue weighted by molar-refractivity contribution is 0.204. The Morgan fingerprint density at radius 3 is 2.33 bits per heavy atom. The zero-order valence-corrected chi connectivity index (χ0v) is 13.2. The number of rotatable bonds is 6. The van der Waals surface area contributed by atoms with Gasteiger partial charge < -0.3 is 4.74 Å². The fraction of sp³-hybridized carbons (Fsp3) is 0.467. The van der Waals surface area contributed by atoms with E-state index in [0.717, 1.165) is 19.6 Å². The van der Waals surface area contributed by atoms with Gasteiger partial charge in [0, 0.05) is 32.7 Å². The Kier molecular flexibility index (Phi) is 5.39. The van der Waals surface area contributed by atoms with Crippen LogP contribution in [-0.4, -0.2) is 57.0 Å². The van der Waals surface area contributed by atoms with Crippen LogP contribution < -0.4 is 4.74 Å². The molecule has 1 aliphatic heterocycles. The molecule has 116 valence electrons. The third-order valence-corrected chi connectivity index (χ3v) is 5.40. The summed E-state index contributed by atoms with van der Waals surface area (Å²) < 4.78 is 32.0. The number of ether oxygens (including phenoxy) is 1. The molecule has 0 amide bonds. The first-order valence-corrected chi connectivity index (χ1v) is 8.58. The molecule has 0 aromatic heterocycles. The van der Waals surface area contributed by atoms with Crippen LogP contribution in [0.4, 0.5) is 0 Å². The molecule has 0 unspecified atom stereocenters. The van der Waals surface area contributed by atoms with Crippen LogP contribution in [0.15, 0.2) is 41.8 Å². The molecule has 1 aromatic rings. The monoisotopic (exact) mass is 310 g/mol. The Bertz CT molecular complexity index is 561. The molecular formula is C15H22N2O3S. The smallest absolute Gasteiger partial charge is 0.243 e. The van der Waals surface area contributed by atoms with Gasteiger partial charge in [0.1, 0.15) is 5.75 Å². The van der Waals surface area contributed by atoms with E-state index in [4.69, 9.17) is 4.74 Å². The summed E-state index contributed by atoms with van der Waals surface area (Å²) in [5.74, 6) is 0.687. The third-order valence-electron chi connectivity index (χ3n) is 3.49. The molecule has 1 aliphatic rings. The van der Waals surface area contributed by atoms with Gasteiger partial charge in [0.2, 0.25) is 10.0 Å². The van der Waals surface area contributed by atoms with Gasteiger partial charge in [-0.2, -0.15) is 4.31 Å². The Morgan fingerprint density at radius 1 is 1.19 bits per heavy atom. The van der Waals surface area contributed by atoms with Crippen molar-refractivity contribution in [3.05, 3.63) is 36.9 Å². The van der Waals surface area contributed by atoms with E-state index < -0.39 is 10.0 Å². The molecule has 0 spiro atoms. The molecule has 0 radical (unpaired) electrons. The van der Waals surface area contributed by atoms with Crippen molar-refractivity contribution < 1.29 is 13.2 Å². The number of nitrogens with zero attached hydrogens (tertiary/aromatic N) is 2. The Labute approximate surface area is 126 Å². The van der Waals surface area contributed by atoms with Gasteiger partial charge in [-0.1, -0.05) is 6.08 Å². The van der Waals surface area contributed by atoms with Gasteiger partial charge in [0.15, 0.2) is 0 Å². The van der Waals surface area contributed by atoms with Crippen LogP contribution in [0.2, 0.25) is 0 Å². The van der Waals surface area contributed by atoms with Crippen LogP contribution in [0, 0.1) is 0 Å². The first kappa shape index (κ1) is 16.0. The second-order valence-electron chi connectivity index (χ2n) is 4.90. The average molecular weight is 310 g/mol. The van der Waals surface area contributed by atoms with Gasteiger partial charge in [0.05, 0.1) is 11.5 Å². The van der Waals surface area contributed by atoms with Crippen molar-refractivity contribution in [1.82, 2.24) is 9.21 Å². The highest BCUT2D eigenvalue weighted by atomic mass is 32.2. The topological polar surface area (TPSA) is 49.9 Å². The predicted octanol–water partition coefficient (Wildman–Crippen LogP) is 1.58. The van der Waals surface area contributed by atoms with Crippen LogP contribution in [0.25, 0.3) is 0 Å². The molecule has 21 heavy (non-hydrogen) atoms. The summed E-state index contributed by atoms with van der Waals surface area (Å²) in [6.45, 7) is 9.48. The van der Waals surface area contributed by atoms with Crippen molar-refractivity contribution in [3.63, 3.8) is 0 Å². The van der Waals surface area contributed by atoms with Crippen LogP contribution in [0.3, 0.4) is 0 Å². The molecule has 2 rings (SSSR count). The first-order valence-electron chi connectivity index (χ1n) is 7.14. The summed E-state index contributed by atoms with van der Waals surface area (Å²) in [6, 6.07) is 6.61. The van der Waals surface area contributed by atoms with Crippen LogP contribution in [0.5, 0.6) is 5.75 Å². The normalized spacial score (nSPS) is 17.6. The molecule has 1 fully saturated rings. The lowest BCUT2D eigenvalue weighted by Crippen LogP contribution is -2.48. The van der Waals surface area contributed by atoms with Crippen LogP contribution in [-0.2, 0) is 10.0 Å². The minimum atomic E-state index is -3.41. The van der Waals surface area contributed by atoms with E-state index >= 15 is 0 Å². The van der Waals surface area contributed by atoms with Crippen LogP contribution >= 0.6 is 0 Å². The van der Waals surface area contributed by atoms with Crippen LogP contribution in [0.1, 0.15) is 6.92 Å². The van der Waals surface area contributed by atoms with Gasteiger partial charge in [-0.3, -0.25) is 4.90 Å². The average Bonchev–Trinajstić information content (AvgIpc) is 2.49. The number of benzene rings is 1. The van der Waals surface area contributed by atoms with Gasteiger partial charge >= 0.3 is 0 Å². The van der Waals surface area contributed by atoms with E-state index in [1.165, 1.54) is 0 Å². The fourth-order valence-corrected chi connectivity index (χ4v) is 3.78. The molecule has 1 heterocycles. The molecule has 0 bridgehead atoms. The maximum Gasteiger partial charge on any atom is 0.243 e. The molecule has 5 nitrogen and oxygen atoms in total. The predicted molar refractivity (Wildman–Crippen MR) is 83.0 cm³/mol. The molecule has 1 aromatic carbocycles. The summed E-state index contributed by atoms with van der Waals surface area (Å²) in [5, 5.41) is 0. The van der Waals surface area contributed by atoms with Gasteiger partial charge in [-0.05, 0) is 31.2 Å². The molecule has 0 aliphatic carbocycles. The van der Waals surface area contributed by atoms with Crippen molar-refractivity contribution in [2.24, 2.45) is 0 Å². The van der Waals surface area contributed by atoms with Crippen molar-refractivity contribution in [1.29, 1.82) is 0 Å². The highest BCUT2D eigenvalue weighted by Gasteiger charge is 2.27. The summed E-state index contributed by atoms with van der Waals surface area (Å²) in [7, 11) is -3.41. The largest absolute Gasteiger partial charge is 0.494 e. The first-order chi connectivity index (χ1) is 10.1. The van der Waals surface area contributed by atoms with E-state index in [9.17, 15) is 8.42 Å². The lowest BCUT2D eigenvalue weighted by Gasteiger charge is -2.33. The summed E-state index contributed by atoms with van der Waals surface area (Å²) in [4.78, 5) is 2.51. The Balaban J connectivity index is 2.06. The van der Waals surface area contributed by atoms with E-state index in [1.54, 1.807) is 28.6 Å². The summed E-state index contributed by atoms with van der Waals surface area (Å²) >= 11 is 0. The zero-order valence-electron chi connectivity index (χ0n) is 12.4. The fourth-order valence-electron chi connectivity index (χ4n) is 2.36. The van der Waals surface area contributed by atoms with Crippen molar-refractivity contribution in [2.75, 3.05) is 39.3 Å². The van der Waals surface area contributed by atoms with Crippen molar-refractivity contribution in [2.45, 2.75) is 11.8 Å². The summed E-state index contributed by atoms with van der Waals surface area (Å²) in [5.41, 5.74) is 0. The van der Waals surface area contributed by atoms with Crippen molar-refractivity contribution in [3.8, 4) is 5.75 Å². The zero-order chi connectivity index (χ0) is 15.3. The number of hydrogen-bond donors (Lipinski definition) is 0. The van der Waals surface area contributed by atoms with E-state index in [1.807, 2.05) is 13.0 Å². The standard InChI is InChI=1S/C15H22N2O3S/c1-3-9-16-10-12-17(13-11-16)21(18,19)15-7-5-14(6-8-15)20-4-2/h3,5-8H,1,4,9-13H2,2H3. The maximum absolute atomic E-state index is 12.6. The SMILES string of the molecule is C=CCN1CCN(S(=O)(=O)c2ccc(OCC)cc2)CC1. The molecule has 1 saturated heterocycles. The molecule has 0 N–H and O–H groups in total. The minimum Gasteiger partial charge on any atom is -0.494 e. The molecule has 0 saturated carbocycles. The Morgan fingerprint density at radius 2 is 1.81 bits per heavy atom. The molecule has 6 heteroatoms. The summed E-state index contributed by atoms with van der Waals surface area (Å²) in [6.07, 6.45) is 1.84. The van der Waals surface area contributed by atoms with Crippen molar-refractivity contribution >= 4 is 10.0 Å². The van der Waals surface area contributed by atoms with Gasteiger partial charge in [0.25, 0.3) is 0 Å². The maximum atomic E-state index is 12.6. The van der Waals surface area contributed by atoms with E-state index in [0.29, 0.717) is 30.3 Å². The second kappa shape index (κ2) is 7.06. The highest BCUT2D eigenvalue weighted by Crippen LogP contribution is 2.20. The van der Waals surface area contributed by atoms with E-state index in [2.05, 4.69) is 11.5 Å². The van der Waals surface area contributed by atoms with Gasteiger partial charge in [-0.25, -0.2) is 8.42 Å². The second-order valence-corrected chi connectivity index (χ2v) is 6.84. The number of hydrogen-bond acceptors (Lipinski definition) is 4. The number of sulfonamides is 1. The third kappa shape index (κ3) is 3.84. The molecular weight excluding hydrogens is 288 g/mol. The minimum absolute atomic E-state index is 0.322. The lowest BCUT2D eigenvalue weighted by atomic mass is 10.3.